The van der Waals surface area contributed by atoms with E-state index < -0.39 is 18.6 Å². The molecule has 2 aromatic rings. The van der Waals surface area contributed by atoms with Crippen molar-refractivity contribution >= 4 is 22.7 Å². The third-order valence-electron chi connectivity index (χ3n) is 2.63. The summed E-state index contributed by atoms with van der Waals surface area (Å²) in [6.07, 6.45) is 1.33. The van der Waals surface area contributed by atoms with E-state index in [9.17, 15) is 4.79 Å². The Labute approximate surface area is 108 Å². The molecule has 0 aliphatic carbocycles. The molecule has 0 fully saturated rings. The van der Waals surface area contributed by atoms with Gasteiger partial charge in [-0.15, -0.1) is 0 Å². The van der Waals surface area contributed by atoms with Crippen LogP contribution in [-0.2, 0) is 4.79 Å². The van der Waals surface area contributed by atoms with Gasteiger partial charge in [-0.05, 0) is 18.2 Å². The van der Waals surface area contributed by atoms with E-state index in [0.29, 0.717) is 22.5 Å². The number of benzene rings is 1. The van der Waals surface area contributed by atoms with Crippen LogP contribution in [0, 0.1) is 0 Å². The Balaban J connectivity index is 2.44. The number of methoxy groups -OCH3 is 1. The van der Waals surface area contributed by atoms with Crippen LogP contribution >= 0.6 is 0 Å². The molecule has 7 heteroatoms. The number of carboxylic acid groups (broad SMARTS) is 1. The molecule has 19 heavy (non-hydrogen) atoms. The summed E-state index contributed by atoms with van der Waals surface area (Å²) in [5, 5.41) is 21.2. The summed E-state index contributed by atoms with van der Waals surface area (Å²) in [6.45, 7) is -0.537. The van der Waals surface area contributed by atoms with Crippen LogP contribution in [0.1, 0.15) is 0 Å². The van der Waals surface area contributed by atoms with Gasteiger partial charge in [0.1, 0.15) is 23.9 Å². The predicted molar refractivity (Wildman–Crippen MR) is 68.2 cm³/mol. The fourth-order valence-electron chi connectivity index (χ4n) is 1.63. The van der Waals surface area contributed by atoms with Gasteiger partial charge in [0, 0.05) is 5.39 Å². The SMILES string of the molecule is COc1ccc2ncnc(NC(CO)C(=O)O)c2c1. The Morgan fingerprint density at radius 1 is 1.47 bits per heavy atom. The number of nitrogens with zero attached hydrogens (tertiary/aromatic N) is 2. The molecule has 0 saturated carbocycles. The summed E-state index contributed by atoms with van der Waals surface area (Å²) in [4.78, 5) is 19.0. The summed E-state index contributed by atoms with van der Waals surface area (Å²) >= 11 is 0. The smallest absolute Gasteiger partial charge is 0.328 e. The lowest BCUT2D eigenvalue weighted by molar-refractivity contribution is -0.138. The van der Waals surface area contributed by atoms with Crippen molar-refractivity contribution in [3.05, 3.63) is 24.5 Å². The third-order valence-corrected chi connectivity index (χ3v) is 2.63. The Kier molecular flexibility index (Phi) is 3.76. The number of carbonyl (C=O) groups is 1. The molecule has 0 aliphatic rings. The first-order valence-corrected chi connectivity index (χ1v) is 5.54. The van der Waals surface area contributed by atoms with E-state index >= 15 is 0 Å². The molecule has 0 amide bonds. The van der Waals surface area contributed by atoms with E-state index in [1.54, 1.807) is 18.2 Å². The zero-order valence-corrected chi connectivity index (χ0v) is 10.2. The second-order valence-corrected chi connectivity index (χ2v) is 3.82. The van der Waals surface area contributed by atoms with E-state index in [4.69, 9.17) is 14.9 Å². The number of anilines is 1. The van der Waals surface area contributed by atoms with Crippen molar-refractivity contribution in [2.24, 2.45) is 0 Å². The first-order valence-electron chi connectivity index (χ1n) is 5.54. The summed E-state index contributed by atoms with van der Waals surface area (Å²) < 4.78 is 5.11. The Hall–Kier alpha value is -2.41. The first-order chi connectivity index (χ1) is 9.15. The van der Waals surface area contributed by atoms with Crippen molar-refractivity contribution in [3.63, 3.8) is 0 Å². The van der Waals surface area contributed by atoms with E-state index in [1.165, 1.54) is 13.4 Å². The second kappa shape index (κ2) is 5.49. The van der Waals surface area contributed by atoms with Crippen molar-refractivity contribution in [3.8, 4) is 5.75 Å². The lowest BCUT2D eigenvalue weighted by Crippen LogP contribution is -2.33. The summed E-state index contributed by atoms with van der Waals surface area (Å²) in [5.41, 5.74) is 0.653. The summed E-state index contributed by atoms with van der Waals surface area (Å²) in [6, 6.07) is 4.08. The maximum Gasteiger partial charge on any atom is 0.328 e. The van der Waals surface area contributed by atoms with Crippen LogP contribution in [-0.4, -0.2) is 45.9 Å². The topological polar surface area (TPSA) is 105 Å². The predicted octanol–water partition coefficient (Wildman–Crippen LogP) is 0.496. The van der Waals surface area contributed by atoms with Gasteiger partial charge in [0.25, 0.3) is 0 Å². The van der Waals surface area contributed by atoms with Gasteiger partial charge in [0.2, 0.25) is 0 Å². The van der Waals surface area contributed by atoms with Crippen LogP contribution in [0.15, 0.2) is 24.5 Å². The van der Waals surface area contributed by atoms with Gasteiger partial charge in [0.15, 0.2) is 0 Å². The average molecular weight is 263 g/mol. The van der Waals surface area contributed by atoms with Crippen molar-refractivity contribution < 1.29 is 19.7 Å². The number of fused-ring (bicyclic) bond motifs is 1. The van der Waals surface area contributed by atoms with Crippen LogP contribution in [0.5, 0.6) is 5.75 Å². The molecular weight excluding hydrogens is 250 g/mol. The minimum Gasteiger partial charge on any atom is -0.497 e. The molecule has 0 saturated heterocycles. The highest BCUT2D eigenvalue weighted by Crippen LogP contribution is 2.24. The Bertz CT molecular complexity index is 603. The van der Waals surface area contributed by atoms with Crippen molar-refractivity contribution in [2.75, 3.05) is 19.0 Å². The molecule has 0 aliphatic heterocycles. The maximum atomic E-state index is 10.9. The number of aromatic nitrogens is 2. The summed E-state index contributed by atoms with van der Waals surface area (Å²) in [7, 11) is 1.53. The molecule has 3 N–H and O–H groups in total. The van der Waals surface area contributed by atoms with Gasteiger partial charge in [-0.25, -0.2) is 14.8 Å². The van der Waals surface area contributed by atoms with E-state index in [-0.39, 0.29) is 0 Å². The average Bonchev–Trinajstić information content (AvgIpc) is 2.43. The molecule has 0 spiro atoms. The Morgan fingerprint density at radius 3 is 2.89 bits per heavy atom. The molecule has 0 radical (unpaired) electrons. The van der Waals surface area contributed by atoms with Crippen LogP contribution in [0.2, 0.25) is 0 Å². The van der Waals surface area contributed by atoms with E-state index in [0.717, 1.165) is 0 Å². The molecule has 2 rings (SSSR count). The number of aliphatic hydroxyl groups excluding tert-OH is 1. The normalized spacial score (nSPS) is 12.1. The number of hydrogen-bond acceptors (Lipinski definition) is 6. The van der Waals surface area contributed by atoms with Crippen molar-refractivity contribution in [2.45, 2.75) is 6.04 Å². The van der Waals surface area contributed by atoms with Crippen molar-refractivity contribution in [1.29, 1.82) is 0 Å². The minimum atomic E-state index is -1.16. The third kappa shape index (κ3) is 2.71. The van der Waals surface area contributed by atoms with Gasteiger partial charge in [-0.3, -0.25) is 0 Å². The highest BCUT2D eigenvalue weighted by molar-refractivity contribution is 5.91. The molecule has 7 nitrogen and oxygen atoms in total. The molecule has 1 aromatic carbocycles. The molecule has 0 bridgehead atoms. The van der Waals surface area contributed by atoms with Crippen molar-refractivity contribution in [1.82, 2.24) is 9.97 Å². The fraction of sp³-hybridized carbons (Fsp3) is 0.250. The number of carboxylic acids is 1. The minimum absolute atomic E-state index is 0.338. The molecule has 1 unspecified atom stereocenters. The van der Waals surface area contributed by atoms with E-state index in [2.05, 4.69) is 15.3 Å². The standard InChI is InChI=1S/C12H13N3O4/c1-19-7-2-3-9-8(4-7)11(14-6-13-9)15-10(5-16)12(17)18/h2-4,6,10,16H,5H2,1H3,(H,17,18)(H,13,14,15). The van der Waals surface area contributed by atoms with E-state index in [1.807, 2.05) is 0 Å². The Morgan fingerprint density at radius 2 is 2.26 bits per heavy atom. The zero-order valence-electron chi connectivity index (χ0n) is 10.2. The lowest BCUT2D eigenvalue weighted by atomic mass is 10.2. The first kappa shape index (κ1) is 13.0. The number of ether oxygens (including phenoxy) is 1. The monoisotopic (exact) mass is 263 g/mol. The quantitative estimate of drug-likeness (QED) is 0.721. The van der Waals surface area contributed by atoms with Crippen LogP contribution in [0.4, 0.5) is 5.82 Å². The van der Waals surface area contributed by atoms with Crippen LogP contribution in [0.25, 0.3) is 10.9 Å². The molecule has 1 atom stereocenters. The van der Waals surface area contributed by atoms with Gasteiger partial charge in [0.05, 0.1) is 19.2 Å². The highest BCUT2D eigenvalue weighted by atomic mass is 16.5. The number of aliphatic carboxylic acids is 1. The number of nitrogens with one attached hydrogen (secondary N) is 1. The molecule has 100 valence electrons. The molecular formula is C12H13N3O4. The molecule has 1 heterocycles. The van der Waals surface area contributed by atoms with Gasteiger partial charge >= 0.3 is 5.97 Å². The maximum absolute atomic E-state index is 10.9. The number of hydrogen-bond donors (Lipinski definition) is 3. The number of aliphatic hydroxyl groups is 1. The second-order valence-electron chi connectivity index (χ2n) is 3.82. The summed E-state index contributed by atoms with van der Waals surface area (Å²) in [5.74, 6) is -0.205. The van der Waals surface area contributed by atoms with Gasteiger partial charge in [-0.1, -0.05) is 0 Å². The van der Waals surface area contributed by atoms with Gasteiger partial charge in [-0.2, -0.15) is 0 Å². The highest BCUT2D eigenvalue weighted by Gasteiger charge is 2.17. The largest absolute Gasteiger partial charge is 0.497 e. The van der Waals surface area contributed by atoms with Crippen LogP contribution < -0.4 is 10.1 Å². The van der Waals surface area contributed by atoms with Crippen LogP contribution in [0.3, 0.4) is 0 Å². The van der Waals surface area contributed by atoms with Gasteiger partial charge < -0.3 is 20.3 Å². The molecule has 1 aromatic heterocycles. The lowest BCUT2D eigenvalue weighted by Gasteiger charge is -2.14. The zero-order chi connectivity index (χ0) is 13.8. The fourth-order valence-corrected chi connectivity index (χ4v) is 1.63. The number of rotatable bonds is 5.